The zero-order valence-corrected chi connectivity index (χ0v) is 13.7. The van der Waals surface area contributed by atoms with E-state index in [0.717, 1.165) is 0 Å². The van der Waals surface area contributed by atoms with Crippen molar-refractivity contribution in [3.05, 3.63) is 57.7 Å². The van der Waals surface area contributed by atoms with Gasteiger partial charge in [-0.1, -0.05) is 18.2 Å². The van der Waals surface area contributed by atoms with Crippen molar-refractivity contribution in [1.82, 2.24) is 15.9 Å². The van der Waals surface area contributed by atoms with Gasteiger partial charge in [-0.3, -0.25) is 4.52 Å². The number of nitrogens with one attached hydrogen (secondary N) is 3. The Labute approximate surface area is 142 Å². The number of benzene rings is 1. The first-order valence-corrected chi connectivity index (χ1v) is 7.67. The highest BCUT2D eigenvalue weighted by Gasteiger charge is 2.42. The third-order valence-electron chi connectivity index (χ3n) is 3.73. The molecule has 0 saturated carbocycles. The molecule has 3 N–H and O–H groups in total. The van der Waals surface area contributed by atoms with E-state index >= 15 is 0 Å². The van der Waals surface area contributed by atoms with E-state index < -0.39 is 23.7 Å². The maximum Gasteiger partial charge on any atom is 0.433 e. The predicted molar refractivity (Wildman–Crippen MR) is 84.6 cm³/mol. The molecule has 130 valence electrons. The molecule has 2 heterocycles. The molecule has 2 amide bonds. The topological polar surface area (TPSA) is 117 Å². The van der Waals surface area contributed by atoms with Crippen LogP contribution in [0.4, 0.5) is 4.79 Å². The van der Waals surface area contributed by atoms with E-state index in [2.05, 4.69) is 15.9 Å². The SMILES string of the molecule is CCOC(=O)C1=C(C)NC(=O)NC1c1c(=O)o[nH][n+]1-c1ccccc1. The third-order valence-corrected chi connectivity index (χ3v) is 3.73. The van der Waals surface area contributed by atoms with E-state index in [1.807, 2.05) is 6.07 Å². The number of ether oxygens (including phenoxy) is 1. The molecule has 2 aromatic rings. The second-order valence-electron chi connectivity index (χ2n) is 5.33. The lowest BCUT2D eigenvalue weighted by molar-refractivity contribution is -0.678. The summed E-state index contributed by atoms with van der Waals surface area (Å²) in [6.45, 7) is 3.41. The van der Waals surface area contributed by atoms with Gasteiger partial charge in [-0.05, 0) is 23.8 Å². The van der Waals surface area contributed by atoms with Crippen molar-refractivity contribution in [2.75, 3.05) is 6.61 Å². The monoisotopic (exact) mass is 345 g/mol. The van der Waals surface area contributed by atoms with E-state index in [9.17, 15) is 14.4 Å². The molecule has 1 unspecified atom stereocenters. The van der Waals surface area contributed by atoms with Crippen LogP contribution in [-0.4, -0.2) is 23.9 Å². The van der Waals surface area contributed by atoms with Gasteiger partial charge in [0.25, 0.3) is 0 Å². The number of H-pyrrole nitrogens is 1. The number of rotatable bonds is 4. The van der Waals surface area contributed by atoms with Gasteiger partial charge in [0.15, 0.2) is 6.04 Å². The van der Waals surface area contributed by atoms with E-state index in [4.69, 9.17) is 9.26 Å². The molecule has 0 aliphatic carbocycles. The van der Waals surface area contributed by atoms with Crippen molar-refractivity contribution in [1.29, 1.82) is 0 Å². The summed E-state index contributed by atoms with van der Waals surface area (Å²) in [7, 11) is 0. The van der Waals surface area contributed by atoms with Crippen molar-refractivity contribution in [3.63, 3.8) is 0 Å². The molecule has 9 nitrogen and oxygen atoms in total. The van der Waals surface area contributed by atoms with E-state index in [0.29, 0.717) is 11.4 Å². The third kappa shape index (κ3) is 3.03. The van der Waals surface area contributed by atoms with Gasteiger partial charge < -0.3 is 15.4 Å². The van der Waals surface area contributed by atoms with Crippen LogP contribution in [0.15, 0.2) is 50.9 Å². The number of hydrogen-bond donors (Lipinski definition) is 3. The molecule has 9 heteroatoms. The van der Waals surface area contributed by atoms with E-state index in [1.165, 1.54) is 4.68 Å². The average Bonchev–Trinajstić information content (AvgIpc) is 2.96. The molecular weight excluding hydrogens is 328 g/mol. The minimum absolute atomic E-state index is 0.0588. The smallest absolute Gasteiger partial charge is 0.433 e. The van der Waals surface area contributed by atoms with Crippen molar-refractivity contribution in [2.45, 2.75) is 19.9 Å². The minimum atomic E-state index is -1.02. The number of urea groups is 1. The van der Waals surface area contributed by atoms with Crippen molar-refractivity contribution < 1.29 is 23.5 Å². The lowest BCUT2D eigenvalue weighted by atomic mass is 10.00. The fourth-order valence-corrected chi connectivity index (χ4v) is 2.67. The Kier molecular flexibility index (Phi) is 4.38. The summed E-state index contributed by atoms with van der Waals surface area (Å²) in [5, 5.41) is 7.59. The molecule has 0 bridgehead atoms. The van der Waals surface area contributed by atoms with Crippen LogP contribution < -0.4 is 20.9 Å². The summed E-state index contributed by atoms with van der Waals surface area (Å²) in [6.07, 6.45) is 0. The Bertz CT molecular complexity index is 897. The Morgan fingerprint density at radius 2 is 2.00 bits per heavy atom. The largest absolute Gasteiger partial charge is 0.463 e. The molecule has 1 aromatic carbocycles. The maximum atomic E-state index is 12.4. The molecule has 0 fully saturated rings. The lowest BCUT2D eigenvalue weighted by Crippen LogP contribution is -2.51. The first-order valence-electron chi connectivity index (χ1n) is 7.67. The number of amides is 2. The molecule has 0 saturated heterocycles. The zero-order chi connectivity index (χ0) is 18.0. The first-order chi connectivity index (χ1) is 12.0. The van der Waals surface area contributed by atoms with Crippen molar-refractivity contribution in [3.8, 4) is 5.69 Å². The van der Waals surface area contributed by atoms with Crippen LogP contribution >= 0.6 is 0 Å². The van der Waals surface area contributed by atoms with Crippen LogP contribution in [0.25, 0.3) is 5.69 Å². The van der Waals surface area contributed by atoms with E-state index in [1.54, 1.807) is 38.1 Å². The van der Waals surface area contributed by atoms with E-state index in [-0.39, 0.29) is 17.9 Å². The molecule has 0 spiro atoms. The Morgan fingerprint density at radius 1 is 1.28 bits per heavy atom. The summed E-state index contributed by atoms with van der Waals surface area (Å²) in [6, 6.07) is 7.34. The van der Waals surface area contributed by atoms with Crippen LogP contribution in [0.3, 0.4) is 0 Å². The Morgan fingerprint density at radius 3 is 2.68 bits per heavy atom. The first kappa shape index (κ1) is 16.5. The molecule has 3 rings (SSSR count). The number of esters is 1. The van der Waals surface area contributed by atoms with Crippen LogP contribution in [0, 0.1) is 0 Å². The Balaban J connectivity index is 2.16. The van der Waals surface area contributed by atoms with Gasteiger partial charge in [-0.2, -0.15) is 0 Å². The molecule has 0 radical (unpaired) electrons. The number of carbonyl (C=O) groups is 2. The van der Waals surface area contributed by atoms with Gasteiger partial charge in [0.05, 0.1) is 12.2 Å². The maximum absolute atomic E-state index is 12.4. The zero-order valence-electron chi connectivity index (χ0n) is 13.7. The second-order valence-corrected chi connectivity index (χ2v) is 5.33. The number of hydrogen-bond acceptors (Lipinski definition) is 5. The average molecular weight is 345 g/mol. The number of carbonyl (C=O) groups excluding carboxylic acids is 2. The summed E-state index contributed by atoms with van der Waals surface area (Å²) < 4.78 is 11.3. The van der Waals surface area contributed by atoms with Gasteiger partial charge in [-0.25, -0.2) is 14.4 Å². The molecule has 25 heavy (non-hydrogen) atoms. The second kappa shape index (κ2) is 6.63. The van der Waals surface area contributed by atoms with Gasteiger partial charge in [0.1, 0.15) is 0 Å². The van der Waals surface area contributed by atoms with Gasteiger partial charge in [-0.15, -0.1) is 0 Å². The number of para-hydroxylation sites is 1. The van der Waals surface area contributed by atoms with Crippen molar-refractivity contribution >= 4 is 12.0 Å². The van der Waals surface area contributed by atoms with Crippen molar-refractivity contribution in [2.24, 2.45) is 0 Å². The highest BCUT2D eigenvalue weighted by atomic mass is 16.5. The summed E-state index contributed by atoms with van der Waals surface area (Å²) in [4.78, 5) is 36.5. The van der Waals surface area contributed by atoms with Gasteiger partial charge in [0.2, 0.25) is 5.69 Å². The van der Waals surface area contributed by atoms with Crippen LogP contribution in [-0.2, 0) is 9.53 Å². The quantitative estimate of drug-likeness (QED) is 0.549. The number of aromatic amines is 1. The normalized spacial score (nSPS) is 17.0. The summed E-state index contributed by atoms with van der Waals surface area (Å²) in [5.41, 5.74) is 0.413. The standard InChI is InChI=1S/C16H16N4O5/c1-3-24-14(21)11-9(2)17-16(23)18-12(11)13-15(22)25-19-20(13)10-7-5-4-6-8-10/h4-8,12H,3H2,1-2H3,(H2-,17,18,19,21,22,23)/p+1. The highest BCUT2D eigenvalue weighted by Crippen LogP contribution is 2.24. The molecule has 1 aromatic heterocycles. The highest BCUT2D eigenvalue weighted by molar-refractivity contribution is 5.94. The lowest BCUT2D eigenvalue weighted by Gasteiger charge is -2.24. The van der Waals surface area contributed by atoms with Gasteiger partial charge >= 0.3 is 23.3 Å². The number of aromatic nitrogens is 2. The Hall–Kier alpha value is -3.36. The van der Waals surface area contributed by atoms with Crippen LogP contribution in [0.1, 0.15) is 25.6 Å². The van der Waals surface area contributed by atoms with Crippen LogP contribution in [0.2, 0.25) is 0 Å². The van der Waals surface area contributed by atoms with Gasteiger partial charge in [0, 0.05) is 17.8 Å². The fourth-order valence-electron chi connectivity index (χ4n) is 2.67. The molecular formula is C16H17N4O5+. The minimum Gasteiger partial charge on any atom is -0.463 e. The summed E-state index contributed by atoms with van der Waals surface area (Å²) in [5.74, 6) is -0.627. The fraction of sp³-hybridized carbons (Fsp3) is 0.250. The number of allylic oxidation sites excluding steroid dienone is 1. The molecule has 1 aliphatic rings. The predicted octanol–water partition coefficient (Wildman–Crippen LogP) is 0.436. The molecule has 1 atom stereocenters. The molecule has 1 aliphatic heterocycles. The van der Waals surface area contributed by atoms with Crippen LogP contribution in [0.5, 0.6) is 0 Å². The number of nitrogens with zero attached hydrogens (tertiary/aromatic N) is 1. The summed E-state index contributed by atoms with van der Waals surface area (Å²) >= 11 is 0.